The number of hydrogen-bond donors (Lipinski definition) is 1. The predicted octanol–water partition coefficient (Wildman–Crippen LogP) is 2.96. The number of hydrogen-bond acceptors (Lipinski definition) is 3. The minimum absolute atomic E-state index is 0.0307. The van der Waals surface area contributed by atoms with E-state index in [1.54, 1.807) is 24.3 Å². The minimum Gasteiger partial charge on any atom is -0.467 e. The first-order chi connectivity index (χ1) is 11.0. The largest absolute Gasteiger partial charge is 0.467 e. The lowest BCUT2D eigenvalue weighted by Crippen LogP contribution is -2.51. The standard InChI is InChI=1S/C18H28N2O3/c1-13(2)16(19-17(21)14-8-5-4-6-9-14)18(22)20(3)12-15-10-7-11-23-15/h7,10-11,13-14,16H,4-6,8-9,12H2,1-3H3,(H,19,21). The highest BCUT2D eigenvalue weighted by molar-refractivity contribution is 5.88. The van der Waals surface area contributed by atoms with Crippen molar-refractivity contribution in [3.63, 3.8) is 0 Å². The van der Waals surface area contributed by atoms with Gasteiger partial charge < -0.3 is 14.6 Å². The van der Waals surface area contributed by atoms with Crippen LogP contribution in [0.4, 0.5) is 0 Å². The maximum atomic E-state index is 12.7. The number of amides is 2. The van der Waals surface area contributed by atoms with Crippen molar-refractivity contribution < 1.29 is 14.0 Å². The Morgan fingerprint density at radius 3 is 2.57 bits per heavy atom. The summed E-state index contributed by atoms with van der Waals surface area (Å²) in [6, 6.07) is 3.16. The molecule has 2 amide bonds. The Hall–Kier alpha value is -1.78. The van der Waals surface area contributed by atoms with Gasteiger partial charge >= 0.3 is 0 Å². The molecule has 1 aliphatic rings. The summed E-state index contributed by atoms with van der Waals surface area (Å²) in [5.41, 5.74) is 0. The zero-order valence-corrected chi connectivity index (χ0v) is 14.4. The topological polar surface area (TPSA) is 62.6 Å². The molecule has 0 radical (unpaired) electrons. The zero-order valence-electron chi connectivity index (χ0n) is 14.4. The highest BCUT2D eigenvalue weighted by Crippen LogP contribution is 2.24. The van der Waals surface area contributed by atoms with Gasteiger partial charge in [-0.25, -0.2) is 0 Å². The highest BCUT2D eigenvalue weighted by atomic mass is 16.3. The lowest BCUT2D eigenvalue weighted by molar-refractivity contribution is -0.138. The van der Waals surface area contributed by atoms with Crippen molar-refractivity contribution in [3.8, 4) is 0 Å². The molecular weight excluding hydrogens is 292 g/mol. The summed E-state index contributed by atoms with van der Waals surface area (Å²) in [7, 11) is 1.74. The average Bonchev–Trinajstić information content (AvgIpc) is 3.05. The van der Waals surface area contributed by atoms with Crippen molar-refractivity contribution in [1.29, 1.82) is 0 Å². The molecule has 1 atom stereocenters. The van der Waals surface area contributed by atoms with Gasteiger partial charge in [0.25, 0.3) is 0 Å². The molecule has 128 valence electrons. The lowest BCUT2D eigenvalue weighted by Gasteiger charge is -2.29. The smallest absolute Gasteiger partial charge is 0.245 e. The molecule has 1 aromatic rings. The molecule has 1 aromatic heterocycles. The molecule has 1 unspecified atom stereocenters. The van der Waals surface area contributed by atoms with E-state index in [9.17, 15) is 9.59 Å². The maximum Gasteiger partial charge on any atom is 0.245 e. The van der Waals surface area contributed by atoms with Crippen molar-refractivity contribution in [3.05, 3.63) is 24.2 Å². The van der Waals surface area contributed by atoms with Gasteiger partial charge in [-0.3, -0.25) is 9.59 Å². The van der Waals surface area contributed by atoms with Crippen molar-refractivity contribution in [2.24, 2.45) is 11.8 Å². The monoisotopic (exact) mass is 320 g/mol. The van der Waals surface area contributed by atoms with Gasteiger partial charge in [-0.2, -0.15) is 0 Å². The SMILES string of the molecule is CC(C)C(NC(=O)C1CCCCC1)C(=O)N(C)Cc1ccco1. The van der Waals surface area contributed by atoms with Crippen LogP contribution >= 0.6 is 0 Å². The summed E-state index contributed by atoms with van der Waals surface area (Å²) >= 11 is 0. The van der Waals surface area contributed by atoms with E-state index >= 15 is 0 Å². The molecule has 1 fully saturated rings. The van der Waals surface area contributed by atoms with E-state index in [1.807, 2.05) is 19.9 Å². The number of carbonyl (C=O) groups excluding carboxylic acids is 2. The second kappa shape index (κ2) is 8.18. The fourth-order valence-electron chi connectivity index (χ4n) is 3.10. The van der Waals surface area contributed by atoms with E-state index in [4.69, 9.17) is 4.42 Å². The number of rotatable bonds is 6. The van der Waals surface area contributed by atoms with E-state index in [2.05, 4.69) is 5.32 Å². The fourth-order valence-corrected chi connectivity index (χ4v) is 3.10. The third-order valence-corrected chi connectivity index (χ3v) is 4.56. The van der Waals surface area contributed by atoms with Crippen molar-refractivity contribution in [2.75, 3.05) is 7.05 Å². The number of likely N-dealkylation sites (N-methyl/N-ethyl adjacent to an activating group) is 1. The normalized spacial score (nSPS) is 17.0. The van der Waals surface area contributed by atoms with Crippen LogP contribution in [0.15, 0.2) is 22.8 Å². The number of nitrogens with one attached hydrogen (secondary N) is 1. The minimum atomic E-state index is -0.482. The van der Waals surface area contributed by atoms with Gasteiger partial charge in [0.05, 0.1) is 12.8 Å². The average molecular weight is 320 g/mol. The van der Waals surface area contributed by atoms with E-state index in [0.29, 0.717) is 6.54 Å². The van der Waals surface area contributed by atoms with Gasteiger partial charge in [0, 0.05) is 13.0 Å². The summed E-state index contributed by atoms with van der Waals surface area (Å²) in [5.74, 6) is 0.813. The highest BCUT2D eigenvalue weighted by Gasteiger charge is 2.30. The third-order valence-electron chi connectivity index (χ3n) is 4.56. The van der Waals surface area contributed by atoms with Crippen LogP contribution in [0.3, 0.4) is 0 Å². The zero-order chi connectivity index (χ0) is 16.8. The maximum absolute atomic E-state index is 12.7. The first-order valence-electron chi connectivity index (χ1n) is 8.56. The molecule has 1 N–H and O–H groups in total. The molecule has 2 rings (SSSR count). The van der Waals surface area contributed by atoms with Gasteiger partial charge in [-0.1, -0.05) is 33.1 Å². The van der Waals surface area contributed by atoms with Gasteiger partial charge in [-0.05, 0) is 30.9 Å². The Labute approximate surface area is 138 Å². The van der Waals surface area contributed by atoms with Crippen molar-refractivity contribution >= 4 is 11.8 Å². The molecule has 1 aliphatic carbocycles. The second-order valence-electron chi connectivity index (χ2n) is 6.84. The predicted molar refractivity (Wildman–Crippen MR) is 88.5 cm³/mol. The molecule has 5 heteroatoms. The first-order valence-corrected chi connectivity index (χ1v) is 8.56. The second-order valence-corrected chi connectivity index (χ2v) is 6.84. The van der Waals surface area contributed by atoms with Crippen LogP contribution in [0.25, 0.3) is 0 Å². The number of carbonyl (C=O) groups is 2. The van der Waals surface area contributed by atoms with Gasteiger partial charge in [0.2, 0.25) is 11.8 Å². The van der Waals surface area contributed by atoms with Gasteiger partial charge in [0.1, 0.15) is 11.8 Å². The number of furan rings is 1. The summed E-state index contributed by atoms with van der Waals surface area (Å²) < 4.78 is 5.29. The molecule has 0 aliphatic heterocycles. The quantitative estimate of drug-likeness (QED) is 0.876. The molecule has 23 heavy (non-hydrogen) atoms. The van der Waals surface area contributed by atoms with Crippen LogP contribution in [0.1, 0.15) is 51.7 Å². The Morgan fingerprint density at radius 1 is 1.30 bits per heavy atom. The summed E-state index contributed by atoms with van der Waals surface area (Å²) in [5, 5.41) is 2.99. The Kier molecular flexibility index (Phi) is 6.25. The van der Waals surface area contributed by atoms with Crippen LogP contribution in [-0.4, -0.2) is 29.8 Å². The molecule has 1 saturated carbocycles. The van der Waals surface area contributed by atoms with E-state index in [-0.39, 0.29) is 23.7 Å². The van der Waals surface area contributed by atoms with E-state index in [1.165, 1.54) is 6.42 Å². The van der Waals surface area contributed by atoms with Crippen LogP contribution < -0.4 is 5.32 Å². The van der Waals surface area contributed by atoms with E-state index < -0.39 is 6.04 Å². The van der Waals surface area contributed by atoms with E-state index in [0.717, 1.165) is 31.4 Å². The van der Waals surface area contributed by atoms with Crippen LogP contribution in [-0.2, 0) is 16.1 Å². The number of nitrogens with zero attached hydrogens (tertiary/aromatic N) is 1. The van der Waals surface area contributed by atoms with Crippen molar-refractivity contribution in [2.45, 2.75) is 58.5 Å². The van der Waals surface area contributed by atoms with Crippen LogP contribution in [0, 0.1) is 11.8 Å². The fraction of sp³-hybridized carbons (Fsp3) is 0.667. The third kappa shape index (κ3) is 4.85. The molecular formula is C18H28N2O3. The summed E-state index contributed by atoms with van der Waals surface area (Å²) in [6.07, 6.45) is 6.90. The summed E-state index contributed by atoms with van der Waals surface area (Å²) in [6.45, 7) is 4.34. The van der Waals surface area contributed by atoms with Crippen molar-refractivity contribution in [1.82, 2.24) is 10.2 Å². The molecule has 0 bridgehead atoms. The molecule has 0 spiro atoms. The van der Waals surface area contributed by atoms with Gasteiger partial charge in [0.15, 0.2) is 0 Å². The Balaban J connectivity index is 1.96. The first kappa shape index (κ1) is 17.6. The Morgan fingerprint density at radius 2 is 2.00 bits per heavy atom. The van der Waals surface area contributed by atoms with Crippen LogP contribution in [0.2, 0.25) is 0 Å². The Bertz CT molecular complexity index is 504. The van der Waals surface area contributed by atoms with Gasteiger partial charge in [-0.15, -0.1) is 0 Å². The summed E-state index contributed by atoms with van der Waals surface area (Å²) in [4.78, 5) is 26.8. The molecule has 5 nitrogen and oxygen atoms in total. The molecule has 0 saturated heterocycles. The molecule has 1 heterocycles. The lowest BCUT2D eigenvalue weighted by atomic mass is 9.88. The van der Waals surface area contributed by atoms with Crippen LogP contribution in [0.5, 0.6) is 0 Å². The molecule has 0 aromatic carbocycles.